The van der Waals surface area contributed by atoms with E-state index in [0.717, 1.165) is 0 Å². The lowest BCUT2D eigenvalue weighted by molar-refractivity contribution is -0.137. The van der Waals surface area contributed by atoms with Gasteiger partial charge in [-0.1, -0.05) is 6.07 Å². The fourth-order valence-corrected chi connectivity index (χ4v) is 3.07. The van der Waals surface area contributed by atoms with Crippen LogP contribution in [0.1, 0.15) is 25.3 Å². The van der Waals surface area contributed by atoms with Gasteiger partial charge in [-0.3, -0.25) is 9.59 Å². The number of hydrogen-bond donors (Lipinski definition) is 0. The van der Waals surface area contributed by atoms with Crippen molar-refractivity contribution in [1.29, 1.82) is 0 Å². The lowest BCUT2D eigenvalue weighted by Crippen LogP contribution is -2.42. The van der Waals surface area contributed by atoms with Crippen molar-refractivity contribution < 1.29 is 27.8 Å². The van der Waals surface area contributed by atoms with Crippen LogP contribution in [0.25, 0.3) is 6.08 Å². The molecule has 0 unspecified atom stereocenters. The second-order valence-corrected chi connectivity index (χ2v) is 6.68. The Morgan fingerprint density at radius 1 is 1.25 bits per heavy atom. The van der Waals surface area contributed by atoms with E-state index >= 15 is 0 Å². The van der Waals surface area contributed by atoms with E-state index < -0.39 is 6.61 Å². The Morgan fingerprint density at radius 2 is 1.93 bits per heavy atom. The van der Waals surface area contributed by atoms with Gasteiger partial charge in [0.15, 0.2) is 11.5 Å². The van der Waals surface area contributed by atoms with E-state index in [-0.39, 0.29) is 29.2 Å². The third-order valence-electron chi connectivity index (χ3n) is 4.50. The number of likely N-dealkylation sites (tertiary alicyclic amines) is 1. The molecule has 0 aliphatic carbocycles. The summed E-state index contributed by atoms with van der Waals surface area (Å²) in [7, 11) is 3.47. The molecular weight excluding hydrogens is 370 g/mol. The smallest absolute Gasteiger partial charge is 0.387 e. The van der Waals surface area contributed by atoms with Crippen molar-refractivity contribution in [3.8, 4) is 11.5 Å². The molecule has 0 radical (unpaired) electrons. The van der Waals surface area contributed by atoms with Gasteiger partial charge in [0, 0.05) is 39.2 Å². The maximum Gasteiger partial charge on any atom is 0.387 e. The van der Waals surface area contributed by atoms with Crippen molar-refractivity contribution >= 4 is 17.9 Å². The molecule has 1 aromatic rings. The fraction of sp³-hybridized carbons (Fsp3) is 0.500. The Labute approximate surface area is 163 Å². The second kappa shape index (κ2) is 10.1. The van der Waals surface area contributed by atoms with Crippen LogP contribution in [-0.2, 0) is 9.59 Å². The van der Waals surface area contributed by atoms with Crippen LogP contribution in [0.2, 0.25) is 0 Å². The Kier molecular flexibility index (Phi) is 7.78. The number of ether oxygens (including phenoxy) is 2. The van der Waals surface area contributed by atoms with Crippen LogP contribution in [0.3, 0.4) is 0 Å². The summed E-state index contributed by atoms with van der Waals surface area (Å²) in [6.45, 7) is 0.150. The molecule has 0 atom stereocenters. The van der Waals surface area contributed by atoms with Gasteiger partial charge >= 0.3 is 6.61 Å². The molecule has 1 heterocycles. The molecule has 2 amide bonds. The van der Waals surface area contributed by atoms with E-state index in [2.05, 4.69) is 4.74 Å². The molecule has 1 fully saturated rings. The molecule has 0 spiro atoms. The Morgan fingerprint density at radius 3 is 2.50 bits per heavy atom. The maximum atomic E-state index is 12.5. The number of amides is 2. The number of carbonyl (C=O) groups excluding carboxylic acids is 2. The largest absolute Gasteiger partial charge is 0.490 e. The molecule has 1 aromatic carbocycles. The van der Waals surface area contributed by atoms with Crippen LogP contribution in [0.15, 0.2) is 24.3 Å². The number of halogens is 2. The van der Waals surface area contributed by atoms with Crippen molar-refractivity contribution in [3.63, 3.8) is 0 Å². The Bertz CT molecular complexity index is 714. The van der Waals surface area contributed by atoms with Crippen LogP contribution in [0.5, 0.6) is 11.5 Å². The normalized spacial score (nSPS) is 15.1. The van der Waals surface area contributed by atoms with Crippen molar-refractivity contribution in [1.82, 2.24) is 9.80 Å². The minimum atomic E-state index is -2.94. The summed E-state index contributed by atoms with van der Waals surface area (Å²) in [6.07, 6.45) is 4.33. The van der Waals surface area contributed by atoms with Crippen molar-refractivity contribution in [2.24, 2.45) is 5.92 Å². The number of rotatable bonds is 7. The highest BCUT2D eigenvalue weighted by atomic mass is 19.3. The zero-order valence-corrected chi connectivity index (χ0v) is 16.4. The van der Waals surface area contributed by atoms with Crippen LogP contribution < -0.4 is 9.47 Å². The third kappa shape index (κ3) is 5.94. The molecule has 1 aliphatic heterocycles. The van der Waals surface area contributed by atoms with E-state index in [1.165, 1.54) is 12.1 Å². The summed E-state index contributed by atoms with van der Waals surface area (Å²) in [5.74, 6) is 0.0475. The molecule has 8 heteroatoms. The van der Waals surface area contributed by atoms with E-state index in [0.29, 0.717) is 38.1 Å². The van der Waals surface area contributed by atoms with E-state index in [4.69, 9.17) is 4.74 Å². The number of alkyl halides is 2. The van der Waals surface area contributed by atoms with Gasteiger partial charge < -0.3 is 19.3 Å². The first-order valence-electron chi connectivity index (χ1n) is 9.21. The van der Waals surface area contributed by atoms with Gasteiger partial charge in [-0.25, -0.2) is 0 Å². The predicted octanol–water partition coefficient (Wildman–Crippen LogP) is 3.03. The second-order valence-electron chi connectivity index (χ2n) is 6.68. The molecule has 2 rings (SSSR count). The number of carbonyl (C=O) groups is 2. The summed E-state index contributed by atoms with van der Waals surface area (Å²) < 4.78 is 34.7. The zero-order chi connectivity index (χ0) is 20.7. The SMILES string of the molecule is CCOc1cc(C=CC(=O)N2CCC(C(=O)N(C)C)CC2)ccc1OC(F)F. The molecule has 154 valence electrons. The number of nitrogens with zero attached hydrogens (tertiary/aromatic N) is 2. The van der Waals surface area contributed by atoms with Gasteiger partial charge in [0.1, 0.15) is 0 Å². The van der Waals surface area contributed by atoms with Crippen LogP contribution in [-0.4, -0.2) is 62.0 Å². The standard InChI is InChI=1S/C20H26F2N2O4/c1-4-27-17-13-14(5-7-16(17)28-20(21)22)6-8-18(25)24-11-9-15(10-12-24)19(26)23(2)3/h5-8,13,15,20H,4,9-12H2,1-3H3. The molecule has 0 aromatic heterocycles. The van der Waals surface area contributed by atoms with Crippen LogP contribution >= 0.6 is 0 Å². The summed E-state index contributed by atoms with van der Waals surface area (Å²) in [5.41, 5.74) is 0.635. The molecular formula is C20H26F2N2O4. The summed E-state index contributed by atoms with van der Waals surface area (Å²) in [4.78, 5) is 27.7. The highest BCUT2D eigenvalue weighted by Crippen LogP contribution is 2.30. The van der Waals surface area contributed by atoms with Crippen molar-refractivity contribution in [2.75, 3.05) is 33.8 Å². The average molecular weight is 396 g/mol. The zero-order valence-electron chi connectivity index (χ0n) is 16.4. The number of benzene rings is 1. The predicted molar refractivity (Wildman–Crippen MR) is 101 cm³/mol. The molecule has 0 N–H and O–H groups in total. The third-order valence-corrected chi connectivity index (χ3v) is 4.50. The van der Waals surface area contributed by atoms with Gasteiger partial charge in [0.25, 0.3) is 0 Å². The highest BCUT2D eigenvalue weighted by molar-refractivity contribution is 5.92. The Hall–Kier alpha value is -2.64. The highest BCUT2D eigenvalue weighted by Gasteiger charge is 2.27. The fourth-order valence-electron chi connectivity index (χ4n) is 3.07. The van der Waals surface area contributed by atoms with Crippen LogP contribution in [0.4, 0.5) is 8.78 Å². The monoisotopic (exact) mass is 396 g/mol. The van der Waals surface area contributed by atoms with Gasteiger partial charge in [-0.15, -0.1) is 0 Å². The molecule has 0 bridgehead atoms. The van der Waals surface area contributed by atoms with Crippen molar-refractivity contribution in [3.05, 3.63) is 29.8 Å². The summed E-state index contributed by atoms with van der Waals surface area (Å²) in [6, 6.07) is 4.51. The lowest BCUT2D eigenvalue weighted by Gasteiger charge is -2.31. The average Bonchev–Trinajstić information content (AvgIpc) is 2.67. The number of hydrogen-bond acceptors (Lipinski definition) is 4. The van der Waals surface area contributed by atoms with Crippen molar-refractivity contribution in [2.45, 2.75) is 26.4 Å². The topological polar surface area (TPSA) is 59.1 Å². The molecule has 0 saturated carbocycles. The maximum absolute atomic E-state index is 12.5. The summed E-state index contributed by atoms with van der Waals surface area (Å²) >= 11 is 0. The molecule has 28 heavy (non-hydrogen) atoms. The first-order valence-corrected chi connectivity index (χ1v) is 9.21. The molecule has 1 aliphatic rings. The van der Waals surface area contributed by atoms with Crippen LogP contribution in [0, 0.1) is 5.92 Å². The van der Waals surface area contributed by atoms with E-state index in [9.17, 15) is 18.4 Å². The van der Waals surface area contributed by atoms with Gasteiger partial charge in [0.2, 0.25) is 11.8 Å². The lowest BCUT2D eigenvalue weighted by atomic mass is 9.95. The quantitative estimate of drug-likeness (QED) is 0.665. The minimum absolute atomic E-state index is 0.0424. The van der Waals surface area contributed by atoms with E-state index in [1.807, 2.05) is 0 Å². The molecule has 1 saturated heterocycles. The first kappa shape index (κ1) is 21.7. The molecule has 6 nitrogen and oxygen atoms in total. The van der Waals surface area contributed by atoms with E-state index in [1.54, 1.807) is 49.0 Å². The van der Waals surface area contributed by atoms with Gasteiger partial charge in [-0.05, 0) is 43.5 Å². The number of piperidine rings is 1. The van der Waals surface area contributed by atoms with Gasteiger partial charge in [0.05, 0.1) is 6.61 Å². The summed E-state index contributed by atoms with van der Waals surface area (Å²) in [5, 5.41) is 0. The van der Waals surface area contributed by atoms with Gasteiger partial charge in [-0.2, -0.15) is 8.78 Å². The first-order chi connectivity index (χ1) is 13.3. The Balaban J connectivity index is 1.98. The minimum Gasteiger partial charge on any atom is -0.490 e.